The molecule has 0 spiro atoms. The van der Waals surface area contributed by atoms with Gasteiger partial charge < -0.3 is 4.74 Å². The molecule has 5 nitrogen and oxygen atoms in total. The van der Waals surface area contributed by atoms with Gasteiger partial charge in [0.05, 0.1) is 27.2 Å². The molecule has 0 bridgehead atoms. The number of hydrogen-bond donors (Lipinski definition) is 0. The zero-order valence-electron chi connectivity index (χ0n) is 16.3. The van der Waals surface area contributed by atoms with E-state index in [1.54, 1.807) is 37.4 Å². The van der Waals surface area contributed by atoms with E-state index >= 15 is 0 Å². The van der Waals surface area contributed by atoms with Gasteiger partial charge in [-0.05, 0) is 72.6 Å². The maximum Gasteiger partial charge on any atom is 0.282 e. The number of rotatable bonds is 5. The lowest BCUT2D eigenvalue weighted by molar-refractivity contribution is 0.306. The van der Waals surface area contributed by atoms with Gasteiger partial charge in [0, 0.05) is 4.47 Å². The smallest absolute Gasteiger partial charge is 0.282 e. The molecule has 0 aliphatic carbocycles. The van der Waals surface area contributed by atoms with Crippen LogP contribution in [0.4, 0.5) is 0 Å². The highest BCUT2D eigenvalue weighted by atomic mass is 79.9. The summed E-state index contributed by atoms with van der Waals surface area (Å²) >= 11 is 15.4. The first-order valence-corrected chi connectivity index (χ1v) is 10.9. The van der Waals surface area contributed by atoms with Crippen LogP contribution in [0.2, 0.25) is 10.0 Å². The van der Waals surface area contributed by atoms with Crippen molar-refractivity contribution in [3.05, 3.63) is 102 Å². The van der Waals surface area contributed by atoms with Crippen molar-refractivity contribution in [1.82, 2.24) is 9.66 Å². The molecule has 1 aromatic heterocycles. The number of nitrogens with zero attached hydrogens (tertiary/aromatic N) is 3. The van der Waals surface area contributed by atoms with Crippen LogP contribution in [0.25, 0.3) is 10.9 Å². The van der Waals surface area contributed by atoms with E-state index in [4.69, 9.17) is 27.9 Å². The quantitative estimate of drug-likeness (QED) is 0.295. The van der Waals surface area contributed by atoms with Gasteiger partial charge in [-0.15, -0.1) is 0 Å². The molecule has 0 N–H and O–H groups in total. The van der Waals surface area contributed by atoms with Crippen LogP contribution in [-0.2, 0) is 6.61 Å². The van der Waals surface area contributed by atoms with Crippen LogP contribution in [0, 0.1) is 6.92 Å². The van der Waals surface area contributed by atoms with Crippen LogP contribution < -0.4 is 10.3 Å². The fourth-order valence-electron chi connectivity index (χ4n) is 2.97. The monoisotopic (exact) mass is 515 g/mol. The third kappa shape index (κ3) is 4.98. The summed E-state index contributed by atoms with van der Waals surface area (Å²) in [6.07, 6.45) is 1.61. The zero-order valence-corrected chi connectivity index (χ0v) is 19.4. The molecule has 3 aromatic carbocycles. The lowest BCUT2D eigenvalue weighted by Crippen LogP contribution is -2.20. The molecule has 0 unspecified atom stereocenters. The normalized spacial score (nSPS) is 11.4. The fraction of sp³-hybridized carbons (Fsp3) is 0.0870. The lowest BCUT2D eigenvalue weighted by atomic mass is 10.2. The van der Waals surface area contributed by atoms with Crippen molar-refractivity contribution in [3.63, 3.8) is 0 Å². The van der Waals surface area contributed by atoms with Gasteiger partial charge in [0.1, 0.15) is 18.2 Å². The van der Waals surface area contributed by atoms with Gasteiger partial charge >= 0.3 is 0 Å². The third-order valence-corrected chi connectivity index (χ3v) is 5.79. The first kappa shape index (κ1) is 21.6. The van der Waals surface area contributed by atoms with Crippen LogP contribution in [0.15, 0.2) is 75.0 Å². The number of aryl methyl sites for hydroxylation is 1. The van der Waals surface area contributed by atoms with E-state index in [9.17, 15) is 4.79 Å². The molecule has 31 heavy (non-hydrogen) atoms. The average Bonchev–Trinajstić information content (AvgIpc) is 2.76. The molecule has 0 fully saturated rings. The van der Waals surface area contributed by atoms with Gasteiger partial charge in [0.2, 0.25) is 0 Å². The summed E-state index contributed by atoms with van der Waals surface area (Å²) in [6, 6.07) is 18.2. The van der Waals surface area contributed by atoms with Crippen LogP contribution in [-0.4, -0.2) is 15.9 Å². The number of aromatic nitrogens is 2. The van der Waals surface area contributed by atoms with Crippen molar-refractivity contribution >= 4 is 56.2 Å². The minimum absolute atomic E-state index is 0.221. The Balaban J connectivity index is 1.50. The summed E-state index contributed by atoms with van der Waals surface area (Å²) in [7, 11) is 0. The summed E-state index contributed by atoms with van der Waals surface area (Å²) in [4.78, 5) is 17.3. The largest absolute Gasteiger partial charge is 0.489 e. The molecule has 156 valence electrons. The van der Waals surface area contributed by atoms with Crippen molar-refractivity contribution in [2.45, 2.75) is 13.5 Å². The van der Waals surface area contributed by atoms with Gasteiger partial charge in [0.25, 0.3) is 5.56 Å². The summed E-state index contributed by atoms with van der Waals surface area (Å²) in [5, 5.41) is 5.84. The van der Waals surface area contributed by atoms with Crippen LogP contribution in [0.3, 0.4) is 0 Å². The predicted molar refractivity (Wildman–Crippen MR) is 129 cm³/mol. The molecule has 0 aliphatic heterocycles. The third-order valence-electron chi connectivity index (χ3n) is 4.56. The molecule has 1 heterocycles. The SMILES string of the molecule is Cc1nc2ccc(Br)cc2c(=O)n1N=Cc1ccc(OCc2ccc(Cl)c(Cl)c2)cc1. The van der Waals surface area contributed by atoms with Gasteiger partial charge in [-0.25, -0.2) is 4.98 Å². The van der Waals surface area contributed by atoms with E-state index in [0.29, 0.717) is 39.1 Å². The predicted octanol–water partition coefficient (Wildman–Crippen LogP) is 6.24. The number of hydrogen-bond acceptors (Lipinski definition) is 4. The molecule has 8 heteroatoms. The first-order valence-electron chi connectivity index (χ1n) is 9.31. The lowest BCUT2D eigenvalue weighted by Gasteiger charge is -2.08. The molecule has 0 saturated carbocycles. The standard InChI is InChI=1S/C23H16BrCl2N3O2/c1-14-28-22-9-5-17(24)11-19(22)23(30)29(14)27-12-15-2-6-18(7-3-15)31-13-16-4-8-20(25)21(26)10-16/h2-12H,13H2,1H3. The number of halogens is 3. The highest BCUT2D eigenvalue weighted by molar-refractivity contribution is 9.10. The molecule has 4 aromatic rings. The van der Waals surface area contributed by atoms with E-state index in [2.05, 4.69) is 26.0 Å². The Morgan fingerprint density at radius 1 is 1.06 bits per heavy atom. The fourth-order valence-corrected chi connectivity index (χ4v) is 3.65. The van der Waals surface area contributed by atoms with Gasteiger partial charge in [0.15, 0.2) is 0 Å². The average molecular weight is 517 g/mol. The molecule has 0 radical (unpaired) electrons. The maximum atomic E-state index is 12.8. The second-order valence-corrected chi connectivity index (χ2v) is 8.52. The topological polar surface area (TPSA) is 56.5 Å². The Morgan fingerprint density at radius 3 is 2.58 bits per heavy atom. The maximum absolute atomic E-state index is 12.8. The van der Waals surface area contributed by atoms with Crippen molar-refractivity contribution < 1.29 is 4.74 Å². The highest BCUT2D eigenvalue weighted by Gasteiger charge is 2.08. The molecule has 0 aliphatic rings. The minimum Gasteiger partial charge on any atom is -0.489 e. The van der Waals surface area contributed by atoms with Crippen molar-refractivity contribution in [3.8, 4) is 5.75 Å². The molecule has 0 atom stereocenters. The van der Waals surface area contributed by atoms with Gasteiger partial charge in [-0.1, -0.05) is 45.2 Å². The summed E-state index contributed by atoms with van der Waals surface area (Å²) < 4.78 is 7.90. The Hall–Kier alpha value is -2.67. The van der Waals surface area contributed by atoms with Gasteiger partial charge in [-0.3, -0.25) is 4.79 Å². The van der Waals surface area contributed by atoms with Crippen LogP contribution in [0.1, 0.15) is 17.0 Å². The van der Waals surface area contributed by atoms with E-state index in [1.165, 1.54) is 4.68 Å². The minimum atomic E-state index is -0.221. The summed E-state index contributed by atoms with van der Waals surface area (Å²) in [5.41, 5.74) is 2.16. The Morgan fingerprint density at radius 2 is 1.84 bits per heavy atom. The summed E-state index contributed by atoms with van der Waals surface area (Å²) in [5.74, 6) is 1.21. The molecule has 0 saturated heterocycles. The van der Waals surface area contributed by atoms with E-state index in [0.717, 1.165) is 15.6 Å². The van der Waals surface area contributed by atoms with Crippen molar-refractivity contribution in [2.24, 2.45) is 5.10 Å². The molecule has 0 amide bonds. The van der Waals surface area contributed by atoms with Crippen LogP contribution >= 0.6 is 39.1 Å². The first-order chi connectivity index (χ1) is 14.9. The van der Waals surface area contributed by atoms with E-state index in [1.807, 2.05) is 36.4 Å². The second-order valence-electron chi connectivity index (χ2n) is 6.79. The summed E-state index contributed by atoms with van der Waals surface area (Å²) in [6.45, 7) is 2.12. The number of benzene rings is 3. The second kappa shape index (κ2) is 9.22. The van der Waals surface area contributed by atoms with E-state index in [-0.39, 0.29) is 5.56 Å². The van der Waals surface area contributed by atoms with Crippen LogP contribution in [0.5, 0.6) is 5.75 Å². The number of fused-ring (bicyclic) bond motifs is 1. The van der Waals surface area contributed by atoms with E-state index < -0.39 is 0 Å². The van der Waals surface area contributed by atoms with Gasteiger partial charge in [-0.2, -0.15) is 9.78 Å². The number of ether oxygens (including phenoxy) is 1. The van der Waals surface area contributed by atoms with Crippen molar-refractivity contribution in [2.75, 3.05) is 0 Å². The Kier molecular flexibility index (Phi) is 6.41. The Labute approximate surface area is 197 Å². The zero-order chi connectivity index (χ0) is 22.0. The van der Waals surface area contributed by atoms with Crippen molar-refractivity contribution in [1.29, 1.82) is 0 Å². The highest BCUT2D eigenvalue weighted by Crippen LogP contribution is 2.23. The molecule has 4 rings (SSSR count). The Bertz CT molecular complexity index is 1350. The molecular formula is C23H16BrCl2N3O2. The molecular weight excluding hydrogens is 501 g/mol.